The molecule has 2 aromatic rings. The highest BCUT2D eigenvalue weighted by molar-refractivity contribution is 6.31. The summed E-state index contributed by atoms with van der Waals surface area (Å²) in [7, 11) is 0. The monoisotopic (exact) mass is 419 g/mol. The minimum atomic E-state index is -0.202. The lowest BCUT2D eigenvalue weighted by Crippen LogP contribution is -2.44. The number of nitrogens with zero attached hydrogens (tertiary/aromatic N) is 1. The number of anilines is 1. The first-order chi connectivity index (χ1) is 14.3. The first kappa shape index (κ1) is 20.6. The van der Waals surface area contributed by atoms with Crippen molar-refractivity contribution in [1.29, 1.82) is 0 Å². The zero-order valence-corrected chi connectivity index (χ0v) is 18.4. The smallest absolute Gasteiger partial charge is 0.232 e. The standard InChI is InChI=1S/C26H26ClNO2/c1-17-20(27)10-7-11-21(17)28-22-15-26(2,3)16-23(29)25(22)19(14-24(28)30)13-12-18-8-5-4-6-9-18/h4-13,19H,14-16H2,1-3H3/b13-12+. The van der Waals surface area contributed by atoms with Gasteiger partial charge >= 0.3 is 0 Å². The van der Waals surface area contributed by atoms with E-state index in [1.807, 2.05) is 67.6 Å². The van der Waals surface area contributed by atoms with E-state index in [0.717, 1.165) is 28.1 Å². The number of Topliss-reactive ketones (excluding diaryl/α,β-unsaturated/α-hetero) is 1. The van der Waals surface area contributed by atoms with E-state index in [1.165, 1.54) is 0 Å². The number of allylic oxidation sites excluding steroid dienone is 3. The molecular formula is C26H26ClNO2. The molecule has 154 valence electrons. The van der Waals surface area contributed by atoms with E-state index in [9.17, 15) is 9.59 Å². The zero-order valence-electron chi connectivity index (χ0n) is 17.6. The van der Waals surface area contributed by atoms with Crippen LogP contribution in [0.4, 0.5) is 5.69 Å². The van der Waals surface area contributed by atoms with Gasteiger partial charge in [-0.05, 0) is 42.0 Å². The fourth-order valence-corrected chi connectivity index (χ4v) is 4.70. The van der Waals surface area contributed by atoms with Gasteiger partial charge in [-0.25, -0.2) is 0 Å². The molecular weight excluding hydrogens is 394 g/mol. The minimum absolute atomic E-state index is 0.00679. The predicted octanol–water partition coefficient (Wildman–Crippen LogP) is 6.36. The maximum atomic E-state index is 13.4. The number of amides is 1. The highest BCUT2D eigenvalue weighted by atomic mass is 35.5. The van der Waals surface area contributed by atoms with Gasteiger partial charge in [0.1, 0.15) is 0 Å². The van der Waals surface area contributed by atoms with Crippen molar-refractivity contribution in [1.82, 2.24) is 0 Å². The first-order valence-electron chi connectivity index (χ1n) is 10.3. The lowest BCUT2D eigenvalue weighted by atomic mass is 9.70. The average molecular weight is 420 g/mol. The third-order valence-electron chi connectivity index (χ3n) is 5.98. The van der Waals surface area contributed by atoms with E-state index in [2.05, 4.69) is 13.8 Å². The highest BCUT2D eigenvalue weighted by Gasteiger charge is 2.43. The molecule has 1 atom stereocenters. The number of benzene rings is 2. The molecule has 0 saturated carbocycles. The predicted molar refractivity (Wildman–Crippen MR) is 122 cm³/mol. The van der Waals surface area contributed by atoms with Crippen LogP contribution in [-0.2, 0) is 9.59 Å². The summed E-state index contributed by atoms with van der Waals surface area (Å²) in [6.45, 7) is 6.10. The summed E-state index contributed by atoms with van der Waals surface area (Å²) in [4.78, 5) is 28.4. The second kappa shape index (κ2) is 7.88. The van der Waals surface area contributed by atoms with E-state index in [1.54, 1.807) is 4.90 Å². The molecule has 0 bridgehead atoms. The Bertz CT molecular complexity index is 1070. The molecule has 0 aromatic heterocycles. The number of hydrogen-bond donors (Lipinski definition) is 0. The van der Waals surface area contributed by atoms with E-state index in [0.29, 0.717) is 17.9 Å². The van der Waals surface area contributed by atoms with Crippen molar-refractivity contribution in [3.63, 3.8) is 0 Å². The number of carbonyl (C=O) groups is 2. The molecule has 0 radical (unpaired) electrons. The van der Waals surface area contributed by atoms with Crippen molar-refractivity contribution >= 4 is 35.1 Å². The molecule has 0 fully saturated rings. The van der Waals surface area contributed by atoms with Crippen molar-refractivity contribution in [3.05, 3.63) is 82.0 Å². The summed E-state index contributed by atoms with van der Waals surface area (Å²) in [6, 6.07) is 15.6. The van der Waals surface area contributed by atoms with Crippen molar-refractivity contribution in [3.8, 4) is 0 Å². The number of halogens is 1. The molecule has 3 nitrogen and oxygen atoms in total. The summed E-state index contributed by atoms with van der Waals surface area (Å²) < 4.78 is 0. The average Bonchev–Trinajstić information content (AvgIpc) is 2.68. The van der Waals surface area contributed by atoms with Gasteiger partial charge in [0.2, 0.25) is 5.91 Å². The van der Waals surface area contributed by atoms with Gasteiger partial charge in [0.25, 0.3) is 0 Å². The Hall–Kier alpha value is -2.65. The molecule has 1 aliphatic heterocycles. The molecule has 4 rings (SSSR count). The van der Waals surface area contributed by atoms with Crippen LogP contribution >= 0.6 is 11.6 Å². The zero-order chi connectivity index (χ0) is 21.5. The third-order valence-corrected chi connectivity index (χ3v) is 6.39. The first-order valence-corrected chi connectivity index (χ1v) is 10.7. The van der Waals surface area contributed by atoms with E-state index >= 15 is 0 Å². The maximum Gasteiger partial charge on any atom is 0.232 e. The van der Waals surface area contributed by atoms with Gasteiger partial charge in [-0.2, -0.15) is 0 Å². The number of carbonyl (C=O) groups excluding carboxylic acids is 2. The quantitative estimate of drug-likeness (QED) is 0.580. The van der Waals surface area contributed by atoms with Crippen molar-refractivity contribution in [2.45, 2.75) is 40.0 Å². The Kier molecular flexibility index (Phi) is 5.42. The summed E-state index contributed by atoms with van der Waals surface area (Å²) in [5, 5.41) is 0.620. The normalized spacial score (nSPS) is 21.3. The number of rotatable bonds is 3. The van der Waals surface area contributed by atoms with E-state index < -0.39 is 0 Å². The van der Waals surface area contributed by atoms with Crippen molar-refractivity contribution in [2.75, 3.05) is 4.90 Å². The van der Waals surface area contributed by atoms with Gasteiger partial charge in [-0.15, -0.1) is 0 Å². The van der Waals surface area contributed by atoms with Crippen LogP contribution < -0.4 is 4.90 Å². The molecule has 1 unspecified atom stereocenters. The summed E-state index contributed by atoms with van der Waals surface area (Å²) in [5.41, 5.74) is 4.11. The van der Waals surface area contributed by atoms with Gasteiger partial charge in [0, 0.05) is 35.1 Å². The van der Waals surface area contributed by atoms with Crippen LogP contribution in [0.25, 0.3) is 6.08 Å². The Labute approximate surface area is 183 Å². The van der Waals surface area contributed by atoms with E-state index in [-0.39, 0.29) is 29.4 Å². The van der Waals surface area contributed by atoms with Crippen LogP contribution in [0.5, 0.6) is 0 Å². The molecule has 2 aromatic carbocycles. The molecule has 0 spiro atoms. The molecule has 2 aliphatic rings. The second-order valence-electron chi connectivity index (χ2n) is 8.99. The van der Waals surface area contributed by atoms with Gasteiger partial charge in [-0.3, -0.25) is 14.5 Å². The Morgan fingerprint density at radius 1 is 1.03 bits per heavy atom. The Morgan fingerprint density at radius 2 is 1.77 bits per heavy atom. The van der Waals surface area contributed by atoms with Crippen LogP contribution in [0.2, 0.25) is 5.02 Å². The molecule has 4 heteroatoms. The van der Waals surface area contributed by atoms with Crippen LogP contribution in [-0.4, -0.2) is 11.7 Å². The van der Waals surface area contributed by atoms with E-state index in [4.69, 9.17) is 11.6 Å². The molecule has 1 heterocycles. The highest BCUT2D eigenvalue weighted by Crippen LogP contribution is 2.46. The Balaban J connectivity index is 1.83. The molecule has 1 amide bonds. The molecule has 0 N–H and O–H groups in total. The molecule has 30 heavy (non-hydrogen) atoms. The largest absolute Gasteiger partial charge is 0.294 e. The Morgan fingerprint density at radius 3 is 2.50 bits per heavy atom. The lowest BCUT2D eigenvalue weighted by Gasteiger charge is -2.42. The van der Waals surface area contributed by atoms with Crippen LogP contribution in [0, 0.1) is 18.3 Å². The summed E-state index contributed by atoms with van der Waals surface area (Å²) in [6.07, 6.45) is 5.48. The number of ketones is 1. The van der Waals surface area contributed by atoms with Crippen molar-refractivity contribution < 1.29 is 9.59 Å². The summed E-state index contributed by atoms with van der Waals surface area (Å²) in [5.74, 6) is -0.0551. The van der Waals surface area contributed by atoms with Gasteiger partial charge in [0.15, 0.2) is 5.78 Å². The lowest BCUT2D eigenvalue weighted by molar-refractivity contribution is -0.121. The minimum Gasteiger partial charge on any atom is -0.294 e. The van der Waals surface area contributed by atoms with Gasteiger partial charge in [0.05, 0.1) is 5.69 Å². The SMILES string of the molecule is Cc1c(Cl)cccc1N1C(=O)CC(/C=C/c2ccccc2)C2=C1CC(C)(C)CC2=O. The molecule has 1 aliphatic carbocycles. The van der Waals surface area contributed by atoms with Crippen LogP contribution in [0.3, 0.4) is 0 Å². The van der Waals surface area contributed by atoms with Crippen molar-refractivity contribution in [2.24, 2.45) is 11.3 Å². The van der Waals surface area contributed by atoms with Gasteiger partial charge in [-0.1, -0.05) is 74.0 Å². The topological polar surface area (TPSA) is 37.4 Å². The van der Waals surface area contributed by atoms with Gasteiger partial charge < -0.3 is 0 Å². The summed E-state index contributed by atoms with van der Waals surface area (Å²) >= 11 is 6.35. The number of hydrogen-bond acceptors (Lipinski definition) is 2. The van der Waals surface area contributed by atoms with Crippen LogP contribution in [0.1, 0.15) is 44.2 Å². The third kappa shape index (κ3) is 3.87. The maximum absolute atomic E-state index is 13.4. The van der Waals surface area contributed by atoms with Crippen LogP contribution in [0.15, 0.2) is 65.9 Å². The fourth-order valence-electron chi connectivity index (χ4n) is 4.53. The second-order valence-corrected chi connectivity index (χ2v) is 9.40. The molecule has 0 saturated heterocycles. The fraction of sp³-hybridized carbons (Fsp3) is 0.308.